The van der Waals surface area contributed by atoms with Crippen molar-refractivity contribution in [2.45, 2.75) is 37.4 Å². The van der Waals surface area contributed by atoms with E-state index in [-0.39, 0.29) is 0 Å². The molecule has 0 spiro atoms. The molecular weight excluding hydrogens is 434 g/mol. The summed E-state index contributed by atoms with van der Waals surface area (Å²) in [5, 5.41) is 33.1. The van der Waals surface area contributed by atoms with Gasteiger partial charge >= 0.3 is 23.9 Å². The number of carboxylic acid groups (broad SMARTS) is 4. The van der Waals surface area contributed by atoms with Gasteiger partial charge in [0.25, 0.3) is 0 Å². The first-order valence-electron chi connectivity index (χ1n) is 9.68. The predicted octanol–water partition coefficient (Wildman–Crippen LogP) is 0.155. The highest BCUT2D eigenvalue weighted by Crippen LogP contribution is 2.02. The molecule has 0 amide bonds. The Labute approximate surface area is 190 Å². The highest BCUT2D eigenvalue weighted by atomic mass is 16.4. The van der Waals surface area contributed by atoms with E-state index in [4.69, 9.17) is 37.6 Å². The van der Waals surface area contributed by atoms with Gasteiger partial charge in [-0.05, 0) is 24.0 Å². The average molecular weight is 463 g/mol. The summed E-state index contributed by atoms with van der Waals surface area (Å²) >= 11 is 0. The van der Waals surface area contributed by atoms with Crippen LogP contribution in [-0.2, 0) is 32.0 Å². The molecule has 10 N–H and O–H groups in total. The topological polar surface area (TPSA) is 227 Å². The number of hydrogen-bond donors (Lipinski definition) is 7. The zero-order chi connectivity index (χ0) is 25.4. The molecule has 11 nitrogen and oxygen atoms in total. The molecule has 2 aromatic rings. The first-order chi connectivity index (χ1) is 15.4. The van der Waals surface area contributed by atoms with Crippen molar-refractivity contribution in [3.63, 3.8) is 0 Å². The molecule has 0 aliphatic heterocycles. The maximum atomic E-state index is 10.4. The fourth-order valence-corrected chi connectivity index (χ4v) is 2.19. The zero-order valence-electron chi connectivity index (χ0n) is 17.8. The van der Waals surface area contributed by atoms with E-state index < -0.39 is 48.4 Å². The summed E-state index contributed by atoms with van der Waals surface area (Å²) in [6.07, 6.45) is 0.238. The van der Waals surface area contributed by atoms with Crippen LogP contribution in [0, 0.1) is 0 Å². The van der Waals surface area contributed by atoms with E-state index in [2.05, 4.69) is 0 Å². The first-order valence-corrected chi connectivity index (χ1v) is 9.68. The van der Waals surface area contributed by atoms with Crippen LogP contribution in [0.5, 0.6) is 0 Å². The van der Waals surface area contributed by atoms with Crippen LogP contribution in [0.1, 0.15) is 17.5 Å². The van der Waals surface area contributed by atoms with Gasteiger partial charge in [0, 0.05) is 0 Å². The molecule has 0 saturated heterocycles. The van der Waals surface area contributed by atoms with Gasteiger partial charge in [-0.2, -0.15) is 0 Å². The second kappa shape index (κ2) is 15.9. The van der Waals surface area contributed by atoms with E-state index in [0.29, 0.717) is 12.8 Å². The van der Waals surface area contributed by atoms with Gasteiger partial charge in [-0.15, -0.1) is 0 Å². The summed E-state index contributed by atoms with van der Waals surface area (Å²) < 4.78 is 0. The molecule has 0 heterocycles. The SMILES string of the molecule is N[C@@H](CC(=O)O)C(=O)O.N[C@@H](Cc1ccccc1)C(=O)O.N[C@@H](Cc1ccccc1)C(=O)O. The number of carboxylic acids is 4. The van der Waals surface area contributed by atoms with Gasteiger partial charge in [0.2, 0.25) is 0 Å². The lowest BCUT2D eigenvalue weighted by Crippen LogP contribution is -2.32. The Bertz CT molecular complexity index is 820. The fraction of sp³-hybridized carbons (Fsp3) is 0.273. The van der Waals surface area contributed by atoms with Crippen LogP contribution in [0.4, 0.5) is 0 Å². The number of aliphatic carboxylic acids is 4. The number of rotatable bonds is 9. The fourth-order valence-electron chi connectivity index (χ4n) is 2.19. The largest absolute Gasteiger partial charge is 0.481 e. The Balaban J connectivity index is 0.000000472. The summed E-state index contributed by atoms with van der Waals surface area (Å²) in [4.78, 5) is 40.4. The van der Waals surface area contributed by atoms with Crippen molar-refractivity contribution in [2.75, 3.05) is 0 Å². The second-order valence-electron chi connectivity index (χ2n) is 6.81. The minimum Gasteiger partial charge on any atom is -0.481 e. The van der Waals surface area contributed by atoms with E-state index in [1.54, 1.807) is 0 Å². The molecule has 3 atom stereocenters. The normalized spacial score (nSPS) is 12.5. The minimum absolute atomic E-state index is 0.385. The predicted molar refractivity (Wildman–Crippen MR) is 119 cm³/mol. The number of benzene rings is 2. The number of carbonyl (C=O) groups is 4. The molecule has 2 rings (SSSR count). The highest BCUT2D eigenvalue weighted by molar-refractivity contribution is 5.80. The van der Waals surface area contributed by atoms with Crippen molar-refractivity contribution in [2.24, 2.45) is 17.2 Å². The van der Waals surface area contributed by atoms with Crippen LogP contribution in [-0.4, -0.2) is 62.4 Å². The molecule has 0 unspecified atom stereocenters. The van der Waals surface area contributed by atoms with Crippen molar-refractivity contribution < 1.29 is 39.6 Å². The first kappa shape index (κ1) is 29.2. The van der Waals surface area contributed by atoms with Gasteiger partial charge in [0.1, 0.15) is 18.1 Å². The monoisotopic (exact) mass is 463 g/mol. The molecule has 0 radical (unpaired) electrons. The van der Waals surface area contributed by atoms with E-state index in [9.17, 15) is 19.2 Å². The summed E-state index contributed by atoms with van der Waals surface area (Å²) in [6.45, 7) is 0. The van der Waals surface area contributed by atoms with Crippen molar-refractivity contribution >= 4 is 23.9 Å². The summed E-state index contributed by atoms with van der Waals surface area (Å²) in [5.74, 6) is -4.42. The quantitative estimate of drug-likeness (QED) is 0.265. The third kappa shape index (κ3) is 14.8. The Kier molecular flexibility index (Phi) is 14.1. The lowest BCUT2D eigenvalue weighted by molar-refractivity contribution is -0.144. The Morgan fingerprint density at radius 1 is 0.576 bits per heavy atom. The highest BCUT2D eigenvalue weighted by Gasteiger charge is 2.14. The van der Waals surface area contributed by atoms with Crippen molar-refractivity contribution in [1.82, 2.24) is 0 Å². The maximum Gasteiger partial charge on any atom is 0.321 e. The Hall–Kier alpha value is -3.80. The second-order valence-corrected chi connectivity index (χ2v) is 6.81. The van der Waals surface area contributed by atoms with E-state index in [0.717, 1.165) is 11.1 Å². The standard InChI is InChI=1S/2C9H11NO2.C4H7NO4/c2*10-8(9(11)12)6-7-4-2-1-3-5-7;5-2(4(8)9)1-3(6)7/h2*1-5,8H,6,10H2,(H,11,12);2H,1,5H2,(H,6,7)(H,8,9)/t2*8-;2-/m000/s1. The molecule has 180 valence electrons. The molecule has 0 aromatic heterocycles. The summed E-state index contributed by atoms with van der Waals surface area (Å²) in [6, 6.07) is 15.8. The van der Waals surface area contributed by atoms with Gasteiger partial charge in [0.05, 0.1) is 6.42 Å². The van der Waals surface area contributed by atoms with Crippen LogP contribution < -0.4 is 17.2 Å². The van der Waals surface area contributed by atoms with E-state index >= 15 is 0 Å². The third-order valence-corrected chi connectivity index (χ3v) is 3.94. The van der Waals surface area contributed by atoms with Crippen molar-refractivity contribution in [3.05, 3.63) is 71.8 Å². The average Bonchev–Trinajstić information content (AvgIpc) is 2.75. The van der Waals surface area contributed by atoms with E-state index in [1.165, 1.54) is 0 Å². The lowest BCUT2D eigenvalue weighted by Gasteiger charge is -2.04. The van der Waals surface area contributed by atoms with Crippen LogP contribution >= 0.6 is 0 Å². The lowest BCUT2D eigenvalue weighted by atomic mass is 10.1. The molecule has 11 heteroatoms. The maximum absolute atomic E-state index is 10.4. The molecule has 0 aliphatic carbocycles. The number of nitrogens with two attached hydrogens (primary N) is 3. The molecule has 0 saturated carbocycles. The smallest absolute Gasteiger partial charge is 0.321 e. The summed E-state index contributed by atoms with van der Waals surface area (Å²) in [7, 11) is 0. The van der Waals surface area contributed by atoms with Gasteiger partial charge in [-0.1, -0.05) is 60.7 Å². The van der Waals surface area contributed by atoms with Crippen LogP contribution in [0.25, 0.3) is 0 Å². The van der Waals surface area contributed by atoms with Gasteiger partial charge in [-0.3, -0.25) is 19.2 Å². The molecule has 0 bridgehead atoms. The van der Waals surface area contributed by atoms with E-state index in [1.807, 2.05) is 60.7 Å². The molecule has 33 heavy (non-hydrogen) atoms. The zero-order valence-corrected chi connectivity index (χ0v) is 17.8. The molecule has 2 aromatic carbocycles. The van der Waals surface area contributed by atoms with Crippen LogP contribution in [0.15, 0.2) is 60.7 Å². The van der Waals surface area contributed by atoms with Gasteiger partial charge < -0.3 is 37.6 Å². The van der Waals surface area contributed by atoms with Crippen molar-refractivity contribution in [1.29, 1.82) is 0 Å². The van der Waals surface area contributed by atoms with Crippen molar-refractivity contribution in [3.8, 4) is 0 Å². The van der Waals surface area contributed by atoms with Gasteiger partial charge in [0.15, 0.2) is 0 Å². The van der Waals surface area contributed by atoms with Crippen LogP contribution in [0.3, 0.4) is 0 Å². The minimum atomic E-state index is -1.29. The molecular formula is C22H29N3O8. The van der Waals surface area contributed by atoms with Gasteiger partial charge in [-0.25, -0.2) is 0 Å². The number of hydrogen-bond acceptors (Lipinski definition) is 7. The summed E-state index contributed by atoms with van der Waals surface area (Å²) in [5.41, 5.74) is 17.4. The van der Waals surface area contributed by atoms with Crippen LogP contribution in [0.2, 0.25) is 0 Å². The Morgan fingerprint density at radius 2 is 0.879 bits per heavy atom. The molecule has 0 aliphatic rings. The third-order valence-electron chi connectivity index (χ3n) is 3.94. The molecule has 0 fully saturated rings. The Morgan fingerprint density at radius 3 is 1.09 bits per heavy atom.